The number of esters is 1. The zero-order chi connectivity index (χ0) is 21.3. The molecule has 0 aromatic heterocycles. The molecule has 2 aliphatic heterocycles. The number of sulfone groups is 1. The predicted molar refractivity (Wildman–Crippen MR) is 113 cm³/mol. The van der Waals surface area contributed by atoms with Gasteiger partial charge in [0.05, 0.1) is 11.5 Å². The summed E-state index contributed by atoms with van der Waals surface area (Å²) in [5, 5.41) is 0. The Morgan fingerprint density at radius 1 is 1.13 bits per heavy atom. The van der Waals surface area contributed by atoms with Crippen LogP contribution >= 0.6 is 0 Å². The Morgan fingerprint density at radius 3 is 2.50 bits per heavy atom. The van der Waals surface area contributed by atoms with Gasteiger partial charge < -0.3 is 9.64 Å². The maximum atomic E-state index is 13.4. The summed E-state index contributed by atoms with van der Waals surface area (Å²) < 4.78 is 29.6. The number of carbonyl (C=O) groups is 2. The lowest BCUT2D eigenvalue weighted by molar-refractivity contribution is -0.148. The topological polar surface area (TPSA) is 80.8 Å². The Balaban J connectivity index is 1.63. The molecule has 0 radical (unpaired) electrons. The van der Waals surface area contributed by atoms with Gasteiger partial charge in [0.15, 0.2) is 9.84 Å². The molecule has 6 nitrogen and oxygen atoms in total. The van der Waals surface area contributed by atoms with E-state index in [1.54, 1.807) is 12.2 Å². The van der Waals surface area contributed by atoms with Gasteiger partial charge in [0.1, 0.15) is 11.7 Å². The van der Waals surface area contributed by atoms with Crippen molar-refractivity contribution >= 4 is 21.7 Å². The monoisotopic (exact) mass is 427 g/mol. The fourth-order valence-corrected chi connectivity index (χ4v) is 5.83. The molecule has 1 aromatic rings. The normalized spacial score (nSPS) is 26.6. The maximum Gasteiger partial charge on any atom is 0.344 e. The number of benzene rings is 1. The van der Waals surface area contributed by atoms with Gasteiger partial charge in [-0.1, -0.05) is 55.5 Å². The lowest BCUT2D eigenvalue weighted by Crippen LogP contribution is -2.44. The lowest BCUT2D eigenvalue weighted by Gasteiger charge is -2.32. The van der Waals surface area contributed by atoms with E-state index in [1.165, 1.54) is 10.5 Å². The van der Waals surface area contributed by atoms with E-state index in [0.717, 1.165) is 12.0 Å². The molecule has 1 amide bonds. The summed E-state index contributed by atoms with van der Waals surface area (Å²) in [7, 11) is -3.19. The average Bonchev–Trinajstić information content (AvgIpc) is 3.10. The fraction of sp³-hybridized carbons (Fsp3) is 0.391. The van der Waals surface area contributed by atoms with Crippen molar-refractivity contribution in [1.82, 2.24) is 4.90 Å². The number of hydrogen-bond donors (Lipinski definition) is 0. The molecular weight excluding hydrogens is 402 g/mol. The van der Waals surface area contributed by atoms with Crippen molar-refractivity contribution in [3.05, 3.63) is 71.3 Å². The van der Waals surface area contributed by atoms with Gasteiger partial charge in [-0.05, 0) is 30.0 Å². The zero-order valence-electron chi connectivity index (χ0n) is 16.9. The van der Waals surface area contributed by atoms with E-state index >= 15 is 0 Å². The molecule has 0 spiro atoms. The van der Waals surface area contributed by atoms with Crippen molar-refractivity contribution in [1.29, 1.82) is 0 Å². The minimum absolute atomic E-state index is 0.0225. The van der Waals surface area contributed by atoms with Crippen LogP contribution in [0.4, 0.5) is 0 Å². The quantitative estimate of drug-likeness (QED) is 0.532. The van der Waals surface area contributed by atoms with E-state index < -0.39 is 33.9 Å². The first kappa shape index (κ1) is 20.6. The highest BCUT2D eigenvalue weighted by molar-refractivity contribution is 7.91. The summed E-state index contributed by atoms with van der Waals surface area (Å²) in [5.41, 5.74) is 2.06. The Labute approximate surface area is 176 Å². The van der Waals surface area contributed by atoms with Gasteiger partial charge in [-0.15, -0.1) is 0 Å². The number of aryl methyl sites for hydroxylation is 1. The molecule has 1 saturated heterocycles. The van der Waals surface area contributed by atoms with Crippen LogP contribution in [0.1, 0.15) is 24.5 Å². The van der Waals surface area contributed by atoms with Crippen LogP contribution in [0.2, 0.25) is 0 Å². The Morgan fingerprint density at radius 2 is 1.83 bits per heavy atom. The van der Waals surface area contributed by atoms with Crippen LogP contribution in [0, 0.1) is 5.92 Å². The van der Waals surface area contributed by atoms with E-state index in [9.17, 15) is 18.0 Å². The molecule has 2 heterocycles. The number of amides is 1. The molecule has 158 valence electrons. The number of allylic oxidation sites excluding steroid dienone is 2. The van der Waals surface area contributed by atoms with E-state index in [2.05, 4.69) is 6.92 Å². The highest BCUT2D eigenvalue weighted by Crippen LogP contribution is 2.28. The zero-order valence-corrected chi connectivity index (χ0v) is 17.7. The van der Waals surface area contributed by atoms with Gasteiger partial charge in [-0.3, -0.25) is 4.79 Å². The molecule has 30 heavy (non-hydrogen) atoms. The molecule has 0 saturated carbocycles. The number of hydrogen-bond acceptors (Lipinski definition) is 5. The number of nitrogens with zero attached hydrogens (tertiary/aromatic N) is 1. The fourth-order valence-electron chi connectivity index (χ4n) is 4.10. The number of fused-ring (bicyclic) bond motifs is 1. The first-order valence-corrected chi connectivity index (χ1v) is 12.1. The minimum Gasteiger partial charge on any atom is -0.453 e. The first-order valence-electron chi connectivity index (χ1n) is 10.2. The number of carbonyl (C=O) groups excluding carboxylic acids is 2. The second-order valence-electron chi connectivity index (χ2n) is 7.96. The minimum atomic E-state index is -3.19. The average molecular weight is 428 g/mol. The number of ether oxygens (including phenoxy) is 1. The molecule has 0 bridgehead atoms. The first-order chi connectivity index (χ1) is 14.4. The predicted octanol–water partition coefficient (Wildman–Crippen LogP) is 2.36. The molecule has 1 aromatic carbocycles. The molecule has 0 unspecified atom stereocenters. The van der Waals surface area contributed by atoms with Crippen LogP contribution in [0.3, 0.4) is 0 Å². The SMILES string of the molecule is CCc1ccc(CN(C(=O)C2=C[C@@H]3C=CC=C[C@@H]3OC2=O)[C@@H]2CCS(=O)(=O)C2)cc1. The van der Waals surface area contributed by atoms with Crippen LogP contribution in [-0.4, -0.2) is 48.8 Å². The van der Waals surface area contributed by atoms with Crippen molar-refractivity contribution in [2.45, 2.75) is 38.5 Å². The summed E-state index contributed by atoms with van der Waals surface area (Å²) in [4.78, 5) is 27.5. The molecule has 3 atom stereocenters. The van der Waals surface area contributed by atoms with Crippen LogP contribution in [-0.2, 0) is 37.1 Å². The summed E-state index contributed by atoms with van der Waals surface area (Å²) in [6, 6.07) is 7.44. The largest absolute Gasteiger partial charge is 0.453 e. The second kappa shape index (κ2) is 8.22. The highest BCUT2D eigenvalue weighted by Gasteiger charge is 2.40. The molecular formula is C23H25NO5S. The van der Waals surface area contributed by atoms with E-state index in [-0.39, 0.29) is 29.5 Å². The van der Waals surface area contributed by atoms with E-state index in [0.29, 0.717) is 6.42 Å². The molecule has 0 N–H and O–H groups in total. The van der Waals surface area contributed by atoms with Gasteiger partial charge >= 0.3 is 5.97 Å². The third kappa shape index (κ3) is 4.26. The van der Waals surface area contributed by atoms with Crippen molar-refractivity contribution in [3.8, 4) is 0 Å². The Kier molecular flexibility index (Phi) is 5.64. The van der Waals surface area contributed by atoms with Gasteiger partial charge in [-0.25, -0.2) is 13.2 Å². The smallest absolute Gasteiger partial charge is 0.344 e. The van der Waals surface area contributed by atoms with Crippen LogP contribution < -0.4 is 0 Å². The molecule has 7 heteroatoms. The highest BCUT2D eigenvalue weighted by atomic mass is 32.2. The second-order valence-corrected chi connectivity index (χ2v) is 10.2. The number of rotatable bonds is 5. The third-order valence-electron chi connectivity index (χ3n) is 5.87. The van der Waals surface area contributed by atoms with Crippen LogP contribution in [0.15, 0.2) is 60.2 Å². The van der Waals surface area contributed by atoms with Gasteiger partial charge in [0.25, 0.3) is 5.91 Å². The van der Waals surface area contributed by atoms with Gasteiger partial charge in [0, 0.05) is 18.5 Å². The summed E-state index contributed by atoms with van der Waals surface area (Å²) in [5.74, 6) is -1.35. The van der Waals surface area contributed by atoms with Crippen molar-refractivity contribution < 1.29 is 22.7 Å². The Bertz CT molecular complexity index is 1040. The van der Waals surface area contributed by atoms with Crippen molar-refractivity contribution in [2.75, 3.05) is 11.5 Å². The Hall–Kier alpha value is -2.67. The van der Waals surface area contributed by atoms with E-state index in [1.807, 2.05) is 42.5 Å². The maximum absolute atomic E-state index is 13.4. The third-order valence-corrected chi connectivity index (χ3v) is 7.62. The van der Waals surface area contributed by atoms with Gasteiger partial charge in [-0.2, -0.15) is 0 Å². The van der Waals surface area contributed by atoms with Crippen LogP contribution in [0.5, 0.6) is 0 Å². The van der Waals surface area contributed by atoms with Gasteiger partial charge in [0.2, 0.25) is 0 Å². The summed E-state index contributed by atoms with van der Waals surface area (Å²) >= 11 is 0. The van der Waals surface area contributed by atoms with Crippen molar-refractivity contribution in [2.24, 2.45) is 5.92 Å². The molecule has 3 aliphatic rings. The van der Waals surface area contributed by atoms with Crippen LogP contribution in [0.25, 0.3) is 0 Å². The molecule has 1 aliphatic carbocycles. The lowest BCUT2D eigenvalue weighted by atomic mass is 9.92. The molecule has 1 fully saturated rings. The standard InChI is InChI=1S/C23H25NO5S/c1-2-16-7-9-17(10-8-16)14-24(19-11-12-30(27,28)15-19)22(25)20-13-18-5-3-4-6-21(18)29-23(20)26/h3-10,13,18-19,21H,2,11-12,14-15H2,1H3/t18-,19+,21-/m0/s1. The summed E-state index contributed by atoms with van der Waals surface area (Å²) in [6.07, 6.45) is 9.87. The van der Waals surface area contributed by atoms with E-state index in [4.69, 9.17) is 4.74 Å². The summed E-state index contributed by atoms with van der Waals surface area (Å²) in [6.45, 7) is 2.31. The molecule has 4 rings (SSSR count). The van der Waals surface area contributed by atoms with Crippen molar-refractivity contribution in [3.63, 3.8) is 0 Å².